The highest BCUT2D eigenvalue weighted by molar-refractivity contribution is 9.10. The van der Waals surface area contributed by atoms with Crippen LogP contribution in [-0.4, -0.2) is 9.91 Å². The number of benzene rings is 1. The van der Waals surface area contributed by atoms with E-state index < -0.39 is 4.92 Å². The molecule has 1 aromatic heterocycles. The fourth-order valence-corrected chi connectivity index (χ4v) is 2.10. The molecule has 0 saturated carbocycles. The molecule has 0 atom stereocenters. The third-order valence-corrected chi connectivity index (χ3v) is 3.64. The van der Waals surface area contributed by atoms with Crippen LogP contribution in [0.4, 0.5) is 5.69 Å². The van der Waals surface area contributed by atoms with Crippen LogP contribution < -0.4 is 4.74 Å². The lowest BCUT2D eigenvalue weighted by molar-refractivity contribution is -0.385. The van der Waals surface area contributed by atoms with Crippen molar-refractivity contribution < 1.29 is 9.66 Å². The Bertz CT molecular complexity index is 686. The first kappa shape index (κ1) is 14.5. The normalized spacial score (nSPS) is 10.4. The summed E-state index contributed by atoms with van der Waals surface area (Å²) >= 11 is 3.35. The van der Waals surface area contributed by atoms with E-state index in [1.54, 1.807) is 19.1 Å². The molecule has 0 spiro atoms. The highest BCUT2D eigenvalue weighted by Crippen LogP contribution is 2.35. The zero-order chi connectivity index (χ0) is 14.9. The summed E-state index contributed by atoms with van der Waals surface area (Å²) < 4.78 is 6.48. The number of ether oxygens (including phenoxy) is 1. The molecule has 0 fully saturated rings. The number of aryl methyl sites for hydroxylation is 3. The number of hydrogen-bond donors (Lipinski definition) is 0. The van der Waals surface area contributed by atoms with Crippen LogP contribution in [0.5, 0.6) is 11.6 Å². The molecule has 5 nitrogen and oxygen atoms in total. The lowest BCUT2D eigenvalue weighted by Crippen LogP contribution is -1.98. The molecule has 0 amide bonds. The van der Waals surface area contributed by atoms with Crippen LogP contribution in [-0.2, 0) is 0 Å². The van der Waals surface area contributed by atoms with E-state index in [2.05, 4.69) is 20.9 Å². The van der Waals surface area contributed by atoms with E-state index in [4.69, 9.17) is 4.74 Å². The predicted octanol–water partition coefficient (Wildman–Crippen LogP) is 4.47. The minimum Gasteiger partial charge on any atom is -0.432 e. The molecule has 6 heteroatoms. The van der Waals surface area contributed by atoms with Crippen molar-refractivity contribution in [3.63, 3.8) is 0 Å². The Balaban J connectivity index is 2.47. The third-order valence-electron chi connectivity index (χ3n) is 2.80. The Hall–Kier alpha value is -1.95. The van der Waals surface area contributed by atoms with Crippen molar-refractivity contribution in [2.24, 2.45) is 0 Å². The van der Waals surface area contributed by atoms with Gasteiger partial charge in [0.05, 0.1) is 10.6 Å². The van der Waals surface area contributed by atoms with Gasteiger partial charge in [0.15, 0.2) is 0 Å². The highest BCUT2D eigenvalue weighted by atomic mass is 79.9. The van der Waals surface area contributed by atoms with Gasteiger partial charge in [-0.05, 0) is 53.9 Å². The summed E-state index contributed by atoms with van der Waals surface area (Å²) in [6, 6.07) is 6.80. The maximum atomic E-state index is 11.1. The Labute approximate surface area is 124 Å². The highest BCUT2D eigenvalue weighted by Gasteiger charge is 2.19. The first-order chi connectivity index (χ1) is 9.38. The van der Waals surface area contributed by atoms with Crippen molar-refractivity contribution in [2.75, 3.05) is 0 Å². The minimum absolute atomic E-state index is 0.0510. The monoisotopic (exact) mass is 336 g/mol. The average molecular weight is 337 g/mol. The van der Waals surface area contributed by atoms with Crippen LogP contribution in [0.2, 0.25) is 0 Å². The average Bonchev–Trinajstić information content (AvgIpc) is 2.36. The van der Waals surface area contributed by atoms with Gasteiger partial charge < -0.3 is 4.74 Å². The molecule has 0 aliphatic carbocycles. The SMILES string of the molecule is Cc1cc(C)c(Oc2ccc(Br)c(C)n2)c([N+](=O)[O-])c1. The van der Waals surface area contributed by atoms with E-state index in [1.807, 2.05) is 19.9 Å². The molecule has 104 valence electrons. The van der Waals surface area contributed by atoms with Crippen molar-refractivity contribution >= 4 is 21.6 Å². The van der Waals surface area contributed by atoms with Crippen LogP contribution in [0.1, 0.15) is 16.8 Å². The summed E-state index contributed by atoms with van der Waals surface area (Å²) in [5, 5.41) is 11.1. The lowest BCUT2D eigenvalue weighted by Gasteiger charge is -2.10. The number of rotatable bonds is 3. The molecular weight excluding hydrogens is 324 g/mol. The van der Waals surface area contributed by atoms with Gasteiger partial charge in [-0.3, -0.25) is 10.1 Å². The summed E-state index contributed by atoms with van der Waals surface area (Å²) in [5.41, 5.74) is 2.24. The fourth-order valence-electron chi connectivity index (χ4n) is 1.88. The van der Waals surface area contributed by atoms with Crippen LogP contribution >= 0.6 is 15.9 Å². The molecule has 0 radical (unpaired) electrons. The predicted molar refractivity (Wildman–Crippen MR) is 79.3 cm³/mol. The van der Waals surface area contributed by atoms with E-state index in [-0.39, 0.29) is 11.4 Å². The first-order valence-electron chi connectivity index (χ1n) is 5.95. The second kappa shape index (κ2) is 5.58. The van der Waals surface area contributed by atoms with Crippen LogP contribution in [0, 0.1) is 30.9 Å². The Morgan fingerprint density at radius 2 is 1.95 bits per heavy atom. The summed E-state index contributed by atoms with van der Waals surface area (Å²) in [4.78, 5) is 14.9. The lowest BCUT2D eigenvalue weighted by atomic mass is 10.1. The van der Waals surface area contributed by atoms with Crippen molar-refractivity contribution in [2.45, 2.75) is 20.8 Å². The molecule has 0 N–H and O–H groups in total. The van der Waals surface area contributed by atoms with Crippen LogP contribution in [0.3, 0.4) is 0 Å². The van der Waals surface area contributed by atoms with Crippen molar-refractivity contribution in [3.05, 3.63) is 55.7 Å². The molecule has 20 heavy (non-hydrogen) atoms. The zero-order valence-corrected chi connectivity index (χ0v) is 12.9. The number of pyridine rings is 1. The molecule has 0 aliphatic rings. The quantitative estimate of drug-likeness (QED) is 0.612. The van der Waals surface area contributed by atoms with Crippen molar-refractivity contribution in [3.8, 4) is 11.6 Å². The summed E-state index contributed by atoms with van der Waals surface area (Å²) in [5.74, 6) is 0.565. The number of hydrogen-bond acceptors (Lipinski definition) is 4. The van der Waals surface area contributed by atoms with Gasteiger partial charge in [0.2, 0.25) is 11.6 Å². The molecule has 2 aromatic rings. The van der Waals surface area contributed by atoms with Gasteiger partial charge in [-0.2, -0.15) is 0 Å². The van der Waals surface area contributed by atoms with Gasteiger partial charge in [-0.1, -0.05) is 6.07 Å². The third kappa shape index (κ3) is 2.96. The smallest absolute Gasteiger partial charge is 0.312 e. The van der Waals surface area contributed by atoms with Crippen molar-refractivity contribution in [1.29, 1.82) is 0 Å². The van der Waals surface area contributed by atoms with E-state index in [1.165, 1.54) is 6.07 Å². The molecular formula is C14H13BrN2O3. The molecule has 0 saturated heterocycles. The van der Waals surface area contributed by atoms with E-state index in [0.29, 0.717) is 11.4 Å². The molecule has 0 unspecified atom stereocenters. The molecule has 2 rings (SSSR count). The Kier molecular flexibility index (Phi) is 4.04. The standard InChI is InChI=1S/C14H13BrN2O3/c1-8-6-9(2)14(12(7-8)17(18)19)20-13-5-4-11(15)10(3)16-13/h4-7H,1-3H3. The zero-order valence-electron chi connectivity index (χ0n) is 11.3. The van der Waals surface area contributed by atoms with E-state index in [9.17, 15) is 10.1 Å². The summed E-state index contributed by atoms with van der Waals surface area (Å²) in [7, 11) is 0. The van der Waals surface area contributed by atoms with E-state index in [0.717, 1.165) is 15.7 Å². The van der Waals surface area contributed by atoms with Gasteiger partial charge in [0, 0.05) is 16.6 Å². The van der Waals surface area contributed by atoms with Gasteiger partial charge >= 0.3 is 5.69 Å². The minimum atomic E-state index is -0.443. The second-order valence-electron chi connectivity index (χ2n) is 4.51. The number of aromatic nitrogens is 1. The maximum Gasteiger partial charge on any atom is 0.312 e. The number of nitro groups is 1. The number of nitro benzene ring substituents is 1. The van der Waals surface area contributed by atoms with Gasteiger partial charge in [0.1, 0.15) is 0 Å². The molecule has 1 heterocycles. The van der Waals surface area contributed by atoms with Gasteiger partial charge in [0.25, 0.3) is 0 Å². The Morgan fingerprint density at radius 1 is 1.25 bits per heavy atom. The molecule has 0 bridgehead atoms. The van der Waals surface area contributed by atoms with Gasteiger partial charge in [-0.15, -0.1) is 0 Å². The topological polar surface area (TPSA) is 65.3 Å². The van der Waals surface area contributed by atoms with E-state index >= 15 is 0 Å². The largest absolute Gasteiger partial charge is 0.432 e. The maximum absolute atomic E-state index is 11.1. The number of nitrogens with zero attached hydrogens (tertiary/aromatic N) is 2. The Morgan fingerprint density at radius 3 is 2.55 bits per heavy atom. The van der Waals surface area contributed by atoms with Crippen molar-refractivity contribution in [1.82, 2.24) is 4.98 Å². The first-order valence-corrected chi connectivity index (χ1v) is 6.74. The molecule has 1 aromatic carbocycles. The number of halogens is 1. The summed E-state index contributed by atoms with van der Waals surface area (Å²) in [6.45, 7) is 5.42. The van der Waals surface area contributed by atoms with Crippen LogP contribution in [0.15, 0.2) is 28.7 Å². The summed E-state index contributed by atoms with van der Waals surface area (Å²) in [6.07, 6.45) is 0. The molecule has 0 aliphatic heterocycles. The van der Waals surface area contributed by atoms with Crippen LogP contribution in [0.25, 0.3) is 0 Å². The fraction of sp³-hybridized carbons (Fsp3) is 0.214. The second-order valence-corrected chi connectivity index (χ2v) is 5.36. The van der Waals surface area contributed by atoms with Gasteiger partial charge in [-0.25, -0.2) is 4.98 Å².